The first-order valence-corrected chi connectivity index (χ1v) is 11.6. The molecule has 0 unspecified atom stereocenters. The summed E-state index contributed by atoms with van der Waals surface area (Å²) in [5.74, 6) is -2.01. The van der Waals surface area contributed by atoms with Gasteiger partial charge in [0.2, 0.25) is 0 Å². The molecule has 198 valence electrons. The monoisotopic (exact) mass is 527 g/mol. The number of para-hydroxylation sites is 2. The van der Waals surface area contributed by atoms with Crippen molar-refractivity contribution in [2.24, 2.45) is 0 Å². The van der Waals surface area contributed by atoms with Crippen LogP contribution in [0.5, 0.6) is 0 Å². The summed E-state index contributed by atoms with van der Waals surface area (Å²) in [6.45, 7) is 6.34. The van der Waals surface area contributed by atoms with Crippen LogP contribution in [0, 0.1) is 6.92 Å². The summed E-state index contributed by atoms with van der Waals surface area (Å²) in [5.41, 5.74) is 3.24. The van der Waals surface area contributed by atoms with E-state index in [9.17, 15) is 22.8 Å². The number of alkyl halides is 3. The molecule has 2 aromatic carbocycles. The lowest BCUT2D eigenvalue weighted by Gasteiger charge is -2.37. The molecule has 0 atom stereocenters. The van der Waals surface area contributed by atoms with Crippen molar-refractivity contribution in [2.75, 3.05) is 68.9 Å². The van der Waals surface area contributed by atoms with E-state index in [0.717, 1.165) is 37.3 Å². The standard InChI is InChI=1S/C25H32F3N5O2.ClH/c1-18-9-10-20(19(17-18)23(34)31(2)3)29-11-6-12-32-13-15-33(16-14-32)22-8-5-4-7-21(22)30-24(35)25(26,27)28;/h4-5,7-10,17,29H,6,11-16H2,1-3H3,(H,30,35);1H. The molecule has 2 aromatic rings. The third-order valence-electron chi connectivity index (χ3n) is 5.90. The molecule has 0 spiro atoms. The van der Waals surface area contributed by atoms with E-state index in [0.29, 0.717) is 30.9 Å². The Labute approximate surface area is 216 Å². The minimum atomic E-state index is -4.93. The third kappa shape index (κ3) is 7.76. The maximum absolute atomic E-state index is 12.7. The van der Waals surface area contributed by atoms with Crippen LogP contribution >= 0.6 is 12.4 Å². The van der Waals surface area contributed by atoms with Gasteiger partial charge in [-0.2, -0.15) is 13.2 Å². The Morgan fingerprint density at radius 2 is 1.67 bits per heavy atom. The van der Waals surface area contributed by atoms with Crippen molar-refractivity contribution in [2.45, 2.75) is 19.5 Å². The van der Waals surface area contributed by atoms with Crippen LogP contribution in [0.25, 0.3) is 0 Å². The van der Waals surface area contributed by atoms with Gasteiger partial charge in [-0.3, -0.25) is 14.5 Å². The van der Waals surface area contributed by atoms with E-state index in [2.05, 4.69) is 10.2 Å². The number of carbonyl (C=O) groups is 2. The molecule has 0 aromatic heterocycles. The van der Waals surface area contributed by atoms with Gasteiger partial charge in [-0.15, -0.1) is 12.4 Å². The second kappa shape index (κ2) is 12.8. The van der Waals surface area contributed by atoms with Gasteiger partial charge < -0.3 is 20.4 Å². The fourth-order valence-electron chi connectivity index (χ4n) is 4.02. The number of hydrogen-bond acceptors (Lipinski definition) is 5. The topological polar surface area (TPSA) is 67.9 Å². The van der Waals surface area contributed by atoms with Crippen molar-refractivity contribution < 1.29 is 22.8 Å². The molecule has 3 rings (SSSR count). The lowest BCUT2D eigenvalue weighted by atomic mass is 10.1. The molecule has 11 heteroatoms. The number of aryl methyl sites for hydroxylation is 1. The number of piperazine rings is 1. The van der Waals surface area contributed by atoms with Crippen molar-refractivity contribution in [3.05, 3.63) is 53.6 Å². The normalized spacial score (nSPS) is 14.1. The Hall–Kier alpha value is -2.98. The SMILES string of the molecule is Cc1ccc(NCCCN2CCN(c3ccccc3NC(=O)C(F)(F)F)CC2)c(C(=O)N(C)C)c1.Cl. The van der Waals surface area contributed by atoms with Gasteiger partial charge in [-0.05, 0) is 44.2 Å². The summed E-state index contributed by atoms with van der Waals surface area (Å²) in [4.78, 5) is 29.7. The molecule has 0 saturated carbocycles. The van der Waals surface area contributed by atoms with E-state index in [1.807, 2.05) is 35.3 Å². The van der Waals surface area contributed by atoms with E-state index >= 15 is 0 Å². The summed E-state index contributed by atoms with van der Waals surface area (Å²) >= 11 is 0. The minimum absolute atomic E-state index is 0. The third-order valence-corrected chi connectivity index (χ3v) is 5.90. The lowest BCUT2D eigenvalue weighted by molar-refractivity contribution is -0.167. The summed E-state index contributed by atoms with van der Waals surface area (Å²) in [6, 6.07) is 12.3. The molecule has 1 aliphatic heterocycles. The largest absolute Gasteiger partial charge is 0.471 e. The highest BCUT2D eigenvalue weighted by Crippen LogP contribution is 2.28. The van der Waals surface area contributed by atoms with Crippen LogP contribution in [0.3, 0.4) is 0 Å². The molecule has 0 aliphatic carbocycles. The van der Waals surface area contributed by atoms with Gasteiger partial charge >= 0.3 is 12.1 Å². The molecule has 1 aliphatic rings. The van der Waals surface area contributed by atoms with Crippen molar-refractivity contribution in [1.29, 1.82) is 0 Å². The molecule has 1 heterocycles. The van der Waals surface area contributed by atoms with E-state index < -0.39 is 12.1 Å². The first-order valence-electron chi connectivity index (χ1n) is 11.6. The summed E-state index contributed by atoms with van der Waals surface area (Å²) < 4.78 is 38.0. The predicted molar refractivity (Wildman–Crippen MR) is 139 cm³/mol. The highest BCUT2D eigenvalue weighted by molar-refractivity contribution is 5.99. The van der Waals surface area contributed by atoms with Crippen LogP contribution in [0.2, 0.25) is 0 Å². The van der Waals surface area contributed by atoms with Crippen LogP contribution in [0.4, 0.5) is 30.2 Å². The Morgan fingerprint density at radius 1 is 1.00 bits per heavy atom. The molecular weight excluding hydrogens is 495 g/mol. The average Bonchev–Trinajstić information content (AvgIpc) is 2.82. The van der Waals surface area contributed by atoms with Crippen molar-refractivity contribution >= 4 is 41.3 Å². The number of anilines is 3. The zero-order chi connectivity index (χ0) is 25.6. The lowest BCUT2D eigenvalue weighted by Crippen LogP contribution is -2.47. The quantitative estimate of drug-likeness (QED) is 0.503. The Balaban J connectivity index is 0.00000456. The Morgan fingerprint density at radius 3 is 2.31 bits per heavy atom. The van der Waals surface area contributed by atoms with Gasteiger partial charge in [0.15, 0.2) is 0 Å². The van der Waals surface area contributed by atoms with Gasteiger partial charge in [-0.1, -0.05) is 23.8 Å². The van der Waals surface area contributed by atoms with Crippen LogP contribution in [-0.2, 0) is 4.79 Å². The smallest absolute Gasteiger partial charge is 0.384 e. The first kappa shape index (κ1) is 29.3. The van der Waals surface area contributed by atoms with Crippen LogP contribution < -0.4 is 15.5 Å². The van der Waals surface area contributed by atoms with E-state index in [4.69, 9.17) is 0 Å². The summed E-state index contributed by atoms with van der Waals surface area (Å²) in [6.07, 6.45) is -4.05. The maximum atomic E-state index is 12.7. The second-order valence-corrected chi connectivity index (χ2v) is 8.83. The Kier molecular flexibility index (Phi) is 10.4. The zero-order valence-electron chi connectivity index (χ0n) is 20.7. The number of nitrogens with zero attached hydrogens (tertiary/aromatic N) is 3. The number of rotatable bonds is 8. The molecule has 0 radical (unpaired) electrons. The molecule has 2 N–H and O–H groups in total. The summed E-state index contributed by atoms with van der Waals surface area (Å²) in [5, 5.41) is 5.36. The Bertz CT molecular complexity index is 1040. The fraction of sp³-hybridized carbons (Fsp3) is 0.440. The highest BCUT2D eigenvalue weighted by Gasteiger charge is 2.39. The minimum Gasteiger partial charge on any atom is -0.384 e. The zero-order valence-corrected chi connectivity index (χ0v) is 21.5. The molecule has 2 amide bonds. The number of benzene rings is 2. The van der Waals surface area contributed by atoms with Crippen molar-refractivity contribution in [1.82, 2.24) is 9.80 Å². The molecule has 1 saturated heterocycles. The molecule has 36 heavy (non-hydrogen) atoms. The molecule has 1 fully saturated rings. The number of hydrogen-bond donors (Lipinski definition) is 2. The van der Waals surface area contributed by atoms with Gasteiger partial charge in [0.25, 0.3) is 5.91 Å². The number of halogens is 4. The van der Waals surface area contributed by atoms with E-state index in [-0.39, 0.29) is 24.0 Å². The van der Waals surface area contributed by atoms with Crippen molar-refractivity contribution in [3.63, 3.8) is 0 Å². The van der Waals surface area contributed by atoms with E-state index in [1.54, 1.807) is 37.2 Å². The van der Waals surface area contributed by atoms with Gasteiger partial charge in [0.1, 0.15) is 0 Å². The van der Waals surface area contributed by atoms with E-state index in [1.165, 1.54) is 6.07 Å². The molecule has 0 bridgehead atoms. The molecule has 7 nitrogen and oxygen atoms in total. The predicted octanol–water partition coefficient (Wildman–Crippen LogP) is 4.24. The van der Waals surface area contributed by atoms with Crippen LogP contribution in [0.15, 0.2) is 42.5 Å². The fourth-order valence-corrected chi connectivity index (χ4v) is 4.02. The number of carbonyl (C=O) groups excluding carboxylic acids is 2. The summed E-state index contributed by atoms with van der Waals surface area (Å²) in [7, 11) is 3.47. The van der Waals surface area contributed by atoms with Gasteiger partial charge in [-0.25, -0.2) is 0 Å². The van der Waals surface area contributed by atoms with Crippen LogP contribution in [-0.4, -0.2) is 81.2 Å². The van der Waals surface area contributed by atoms with Crippen LogP contribution in [0.1, 0.15) is 22.3 Å². The van der Waals surface area contributed by atoms with Gasteiger partial charge in [0, 0.05) is 52.5 Å². The maximum Gasteiger partial charge on any atom is 0.471 e. The number of nitrogens with one attached hydrogen (secondary N) is 2. The number of amides is 2. The molecular formula is C25H33ClF3N5O2. The highest BCUT2D eigenvalue weighted by atomic mass is 35.5. The second-order valence-electron chi connectivity index (χ2n) is 8.83. The average molecular weight is 528 g/mol. The van der Waals surface area contributed by atoms with Gasteiger partial charge in [0.05, 0.1) is 16.9 Å². The first-order chi connectivity index (χ1) is 16.6. The van der Waals surface area contributed by atoms with Crippen molar-refractivity contribution in [3.8, 4) is 0 Å².